The smallest absolute Gasteiger partial charge is 0.309 e. The Labute approximate surface area is 210 Å². The van der Waals surface area contributed by atoms with Crippen LogP contribution in [-0.2, 0) is 30.9 Å². The number of aldehydes is 1. The van der Waals surface area contributed by atoms with E-state index in [1.165, 1.54) is 4.80 Å². The van der Waals surface area contributed by atoms with Crippen LogP contribution in [-0.4, -0.2) is 38.1 Å². The highest BCUT2D eigenvalue weighted by Gasteiger charge is 2.38. The third kappa shape index (κ3) is 5.58. The van der Waals surface area contributed by atoms with E-state index in [1.807, 2.05) is 51.1 Å². The molecule has 1 fully saturated rings. The van der Waals surface area contributed by atoms with Crippen molar-refractivity contribution in [3.05, 3.63) is 59.9 Å². The Morgan fingerprint density at radius 2 is 1.75 bits per heavy atom. The van der Waals surface area contributed by atoms with Gasteiger partial charge < -0.3 is 14.6 Å². The highest BCUT2D eigenvalue weighted by atomic mass is 16.7. The van der Waals surface area contributed by atoms with Gasteiger partial charge in [0.2, 0.25) is 0 Å². The lowest BCUT2D eigenvalue weighted by Crippen LogP contribution is -2.40. The quantitative estimate of drug-likeness (QED) is 0.150. The summed E-state index contributed by atoms with van der Waals surface area (Å²) < 4.78 is 11.5. The van der Waals surface area contributed by atoms with Crippen LogP contribution >= 0.6 is 0 Å². The second-order valence-corrected chi connectivity index (χ2v) is 10.4. The number of benzene rings is 2. The van der Waals surface area contributed by atoms with Crippen molar-refractivity contribution in [2.75, 3.05) is 0 Å². The molecule has 1 aromatic heterocycles. The minimum absolute atomic E-state index is 0.0400. The summed E-state index contributed by atoms with van der Waals surface area (Å²) in [4.78, 5) is 25.4. The number of carbonyl (C=O) groups is 2. The topological polar surface area (TPSA) is 104 Å². The normalized spacial score (nSPS) is 15.4. The molecule has 1 N–H and O–H groups in total. The molecule has 0 saturated heterocycles. The Kier molecular flexibility index (Phi) is 7.15. The maximum atomic E-state index is 12.9. The van der Waals surface area contributed by atoms with Crippen LogP contribution in [0.1, 0.15) is 70.4 Å². The number of fused-ring (bicyclic) bond motifs is 1. The van der Waals surface area contributed by atoms with Gasteiger partial charge in [-0.25, -0.2) is 0 Å². The van der Waals surface area contributed by atoms with Crippen molar-refractivity contribution in [1.29, 1.82) is 0 Å². The summed E-state index contributed by atoms with van der Waals surface area (Å²) in [6.45, 7) is 9.63. The molecule has 36 heavy (non-hydrogen) atoms. The van der Waals surface area contributed by atoms with Crippen LogP contribution in [0.4, 0.5) is 0 Å². The first-order valence-electron chi connectivity index (χ1n) is 12.3. The highest BCUT2D eigenvalue weighted by Crippen LogP contribution is 2.37. The van der Waals surface area contributed by atoms with E-state index in [4.69, 9.17) is 9.47 Å². The molecule has 190 valence electrons. The van der Waals surface area contributed by atoms with Crippen molar-refractivity contribution in [3.63, 3.8) is 0 Å². The van der Waals surface area contributed by atoms with Gasteiger partial charge in [-0.15, -0.1) is 15.0 Å². The summed E-state index contributed by atoms with van der Waals surface area (Å²) in [6, 6.07) is 11.2. The van der Waals surface area contributed by atoms with Crippen molar-refractivity contribution in [2.45, 2.75) is 76.9 Å². The van der Waals surface area contributed by atoms with Crippen LogP contribution in [0.15, 0.2) is 48.7 Å². The summed E-state index contributed by atoms with van der Waals surface area (Å²) in [5.74, 6) is -1.48. The molecule has 1 heterocycles. The molecule has 0 unspecified atom stereocenters. The van der Waals surface area contributed by atoms with Crippen LogP contribution in [0, 0.1) is 0 Å². The number of aromatic nitrogens is 3. The third-order valence-electron chi connectivity index (χ3n) is 6.44. The van der Waals surface area contributed by atoms with Gasteiger partial charge in [0.1, 0.15) is 22.5 Å². The Bertz CT molecular complexity index is 1250. The van der Waals surface area contributed by atoms with Crippen molar-refractivity contribution < 1.29 is 24.2 Å². The monoisotopic (exact) mass is 491 g/mol. The predicted molar refractivity (Wildman–Crippen MR) is 136 cm³/mol. The van der Waals surface area contributed by atoms with E-state index in [-0.39, 0.29) is 23.3 Å². The fourth-order valence-electron chi connectivity index (χ4n) is 4.60. The maximum absolute atomic E-state index is 12.9. The Hall–Kier alpha value is -3.68. The number of aromatic hydroxyl groups is 1. The molecule has 0 bridgehead atoms. The van der Waals surface area contributed by atoms with Gasteiger partial charge in [0.05, 0.1) is 0 Å². The van der Waals surface area contributed by atoms with E-state index in [0.29, 0.717) is 31.2 Å². The average molecular weight is 492 g/mol. The molecule has 2 aromatic carbocycles. The third-order valence-corrected chi connectivity index (χ3v) is 6.44. The first-order chi connectivity index (χ1) is 17.1. The number of esters is 1. The van der Waals surface area contributed by atoms with Crippen molar-refractivity contribution in [3.8, 4) is 11.4 Å². The Morgan fingerprint density at radius 3 is 2.33 bits per heavy atom. The van der Waals surface area contributed by atoms with E-state index >= 15 is 0 Å². The number of phenolic OH excluding ortho intramolecular Hbond substituents is 1. The molecule has 3 aromatic rings. The summed E-state index contributed by atoms with van der Waals surface area (Å²) in [5.41, 5.74) is 3.13. The minimum Gasteiger partial charge on any atom is -0.505 e. The molecule has 0 atom stereocenters. The highest BCUT2D eigenvalue weighted by molar-refractivity contribution is 5.74. The second kappa shape index (κ2) is 10.1. The molecular formula is C28H33N3O5. The summed E-state index contributed by atoms with van der Waals surface area (Å²) in [6.07, 6.45) is 4.81. The molecule has 0 spiro atoms. The van der Waals surface area contributed by atoms with Gasteiger partial charge >= 0.3 is 5.97 Å². The zero-order valence-electron chi connectivity index (χ0n) is 21.1. The van der Waals surface area contributed by atoms with E-state index in [9.17, 15) is 14.7 Å². The number of hydrogen-bond acceptors (Lipinski definition) is 7. The number of aryl methyl sites for hydroxylation is 1. The zero-order chi connectivity index (χ0) is 25.9. The van der Waals surface area contributed by atoms with Crippen LogP contribution in [0.5, 0.6) is 5.75 Å². The molecular weight excluding hydrogens is 458 g/mol. The molecule has 8 nitrogen and oxygen atoms in total. The van der Waals surface area contributed by atoms with E-state index in [0.717, 1.165) is 41.4 Å². The lowest BCUT2D eigenvalue weighted by atomic mass is 9.84. The Balaban J connectivity index is 1.58. The van der Waals surface area contributed by atoms with Crippen LogP contribution in [0.2, 0.25) is 0 Å². The number of phenols is 1. The number of ether oxygens (including phenoxy) is 2. The van der Waals surface area contributed by atoms with E-state index in [2.05, 4.69) is 16.8 Å². The fraction of sp³-hybridized carbons (Fsp3) is 0.429. The van der Waals surface area contributed by atoms with Crippen LogP contribution in [0.25, 0.3) is 16.7 Å². The first kappa shape index (κ1) is 25.4. The number of rotatable bonds is 8. The van der Waals surface area contributed by atoms with Gasteiger partial charge in [-0.2, -0.15) is 0 Å². The summed E-state index contributed by atoms with van der Waals surface area (Å²) in [5, 5.41) is 20.2. The SMILES string of the molecule is C=C(C=O)OC1(OC(=O)CCc2cc(-n3nc4ccccc4n3)c(O)c(C(C)(C)C)c2)CCCCC1. The number of hydrogen-bond donors (Lipinski definition) is 1. The molecule has 4 rings (SSSR count). The molecule has 0 aliphatic heterocycles. The van der Waals surface area contributed by atoms with Crippen molar-refractivity contribution in [2.24, 2.45) is 0 Å². The summed E-state index contributed by atoms with van der Waals surface area (Å²) in [7, 11) is 0. The van der Waals surface area contributed by atoms with E-state index < -0.39 is 11.8 Å². The van der Waals surface area contributed by atoms with Gasteiger partial charge in [-0.05, 0) is 48.4 Å². The maximum Gasteiger partial charge on any atom is 0.309 e. The van der Waals surface area contributed by atoms with Crippen molar-refractivity contribution >= 4 is 23.3 Å². The van der Waals surface area contributed by atoms with Crippen LogP contribution in [0.3, 0.4) is 0 Å². The van der Waals surface area contributed by atoms with Crippen molar-refractivity contribution in [1.82, 2.24) is 15.0 Å². The van der Waals surface area contributed by atoms with Gasteiger partial charge in [0, 0.05) is 24.8 Å². The molecule has 1 saturated carbocycles. The predicted octanol–water partition coefficient (Wildman–Crippen LogP) is 5.29. The standard InChI is InChI=1S/C28H33N3O5/c1-19(18-32)35-28(14-8-5-9-15-28)36-25(33)13-12-20-16-21(27(2,3)4)26(34)24(17-20)31-29-22-10-6-7-11-23(22)30-31/h6-7,10-11,16-18,34H,1,5,8-9,12-15H2,2-4H3. The van der Waals surface area contributed by atoms with E-state index in [1.54, 1.807) is 6.07 Å². The zero-order valence-corrected chi connectivity index (χ0v) is 21.1. The number of carbonyl (C=O) groups excluding carboxylic acids is 2. The molecule has 1 aliphatic carbocycles. The molecule has 1 aliphatic rings. The second-order valence-electron chi connectivity index (χ2n) is 10.4. The van der Waals surface area contributed by atoms with Crippen LogP contribution < -0.4 is 0 Å². The summed E-state index contributed by atoms with van der Waals surface area (Å²) >= 11 is 0. The molecule has 0 radical (unpaired) electrons. The van der Waals surface area contributed by atoms with Gasteiger partial charge in [0.15, 0.2) is 12.0 Å². The largest absolute Gasteiger partial charge is 0.505 e. The van der Waals surface area contributed by atoms with Gasteiger partial charge in [-0.3, -0.25) is 9.59 Å². The van der Waals surface area contributed by atoms with Gasteiger partial charge in [0.25, 0.3) is 5.79 Å². The van der Waals surface area contributed by atoms with Gasteiger partial charge in [-0.1, -0.05) is 52.0 Å². The molecule has 0 amide bonds. The lowest BCUT2D eigenvalue weighted by Gasteiger charge is -2.36. The first-order valence-corrected chi connectivity index (χ1v) is 12.3. The Morgan fingerprint density at radius 1 is 1.11 bits per heavy atom. The molecule has 8 heteroatoms. The fourth-order valence-corrected chi connectivity index (χ4v) is 4.60. The average Bonchev–Trinajstić information content (AvgIpc) is 3.27. The number of nitrogens with zero attached hydrogens (tertiary/aromatic N) is 3. The minimum atomic E-state index is -1.14. The number of allylic oxidation sites excluding steroid dienone is 1. The lowest BCUT2D eigenvalue weighted by molar-refractivity contribution is -0.227.